The zero-order chi connectivity index (χ0) is 27.9. The minimum atomic E-state index is -0.476. The van der Waals surface area contributed by atoms with Crippen molar-refractivity contribution in [3.8, 4) is 0 Å². The molecule has 1 atom stereocenters. The molecule has 1 aliphatic rings. The van der Waals surface area contributed by atoms with Crippen molar-refractivity contribution in [2.75, 3.05) is 25.4 Å². The summed E-state index contributed by atoms with van der Waals surface area (Å²) in [6.45, 7) is 3.71. The molecule has 6 rings (SSSR count). The van der Waals surface area contributed by atoms with Crippen molar-refractivity contribution in [3.63, 3.8) is 0 Å². The second kappa shape index (κ2) is 12.9. The van der Waals surface area contributed by atoms with Crippen molar-refractivity contribution in [2.24, 2.45) is 0 Å². The van der Waals surface area contributed by atoms with E-state index in [1.54, 1.807) is 23.9 Å². The fourth-order valence-corrected chi connectivity index (χ4v) is 7.31. The Kier molecular flexibility index (Phi) is 8.62. The van der Waals surface area contributed by atoms with Gasteiger partial charge < -0.3 is 0 Å². The van der Waals surface area contributed by atoms with Gasteiger partial charge in [-0.15, -0.1) is 11.8 Å². The highest BCUT2D eigenvalue weighted by Gasteiger charge is 2.46. The highest BCUT2D eigenvalue weighted by atomic mass is 32.2. The Hall–Kier alpha value is -3.70. The van der Waals surface area contributed by atoms with Crippen molar-refractivity contribution in [3.05, 3.63) is 174 Å². The van der Waals surface area contributed by atoms with E-state index < -0.39 is 5.54 Å². The molecule has 1 heterocycles. The normalized spacial score (nSPS) is 16.5. The van der Waals surface area contributed by atoms with E-state index in [4.69, 9.17) is 0 Å². The van der Waals surface area contributed by atoms with E-state index in [-0.39, 0.29) is 11.9 Å². The molecule has 5 aromatic rings. The summed E-state index contributed by atoms with van der Waals surface area (Å²) in [5, 5.41) is 0. The van der Waals surface area contributed by atoms with E-state index in [1.165, 1.54) is 28.3 Å². The van der Waals surface area contributed by atoms with Crippen LogP contribution in [0.25, 0.3) is 0 Å². The van der Waals surface area contributed by atoms with Gasteiger partial charge in [0.2, 0.25) is 0 Å². The Labute approximate surface area is 247 Å². The van der Waals surface area contributed by atoms with Crippen LogP contribution in [0.3, 0.4) is 0 Å². The van der Waals surface area contributed by atoms with Crippen LogP contribution in [0.1, 0.15) is 22.3 Å². The number of hydrogen-bond acceptors (Lipinski definition) is 3. The van der Waals surface area contributed by atoms with Gasteiger partial charge in [0.05, 0.1) is 5.54 Å². The highest BCUT2D eigenvalue weighted by Crippen LogP contribution is 2.45. The Balaban J connectivity index is 1.45. The van der Waals surface area contributed by atoms with E-state index >= 15 is 0 Å². The maximum atomic E-state index is 14.1. The highest BCUT2D eigenvalue weighted by molar-refractivity contribution is 7.99. The maximum absolute atomic E-state index is 14.1. The minimum absolute atomic E-state index is 0.187. The molecule has 1 fully saturated rings. The minimum Gasteiger partial charge on any atom is -0.296 e. The molecule has 1 aliphatic heterocycles. The first-order valence-electron chi connectivity index (χ1n) is 14.3. The molecule has 0 aromatic heterocycles. The SMILES string of the molecule is Fc1cccc(SC[C@@H]2CN(Cc3ccccc3)CCN2C(c2ccccc2)(c2ccccc2)c2ccccc2)c1. The van der Waals surface area contributed by atoms with Gasteiger partial charge in [-0.2, -0.15) is 0 Å². The molecule has 4 heteroatoms. The average molecular weight is 559 g/mol. The molecule has 0 saturated carbocycles. The van der Waals surface area contributed by atoms with Gasteiger partial charge in [-0.1, -0.05) is 127 Å². The summed E-state index contributed by atoms with van der Waals surface area (Å²) in [5.74, 6) is 0.664. The Bertz CT molecular complexity index is 1420. The first-order valence-corrected chi connectivity index (χ1v) is 15.3. The summed E-state index contributed by atoms with van der Waals surface area (Å²) in [6, 6.07) is 50.8. The van der Waals surface area contributed by atoms with Crippen molar-refractivity contribution in [1.29, 1.82) is 0 Å². The Morgan fingerprint density at radius 1 is 0.634 bits per heavy atom. The molecule has 0 N–H and O–H groups in total. The van der Waals surface area contributed by atoms with Gasteiger partial charge >= 0.3 is 0 Å². The van der Waals surface area contributed by atoms with E-state index in [0.29, 0.717) is 0 Å². The van der Waals surface area contributed by atoms with Gasteiger partial charge in [0.25, 0.3) is 0 Å². The summed E-state index contributed by atoms with van der Waals surface area (Å²) in [5.41, 5.74) is 4.63. The van der Waals surface area contributed by atoms with Crippen LogP contribution >= 0.6 is 11.8 Å². The van der Waals surface area contributed by atoms with Crippen LogP contribution in [0.15, 0.2) is 150 Å². The molecule has 206 valence electrons. The van der Waals surface area contributed by atoms with Crippen LogP contribution in [-0.4, -0.2) is 41.2 Å². The molecule has 41 heavy (non-hydrogen) atoms. The van der Waals surface area contributed by atoms with Gasteiger partial charge in [-0.3, -0.25) is 9.80 Å². The lowest BCUT2D eigenvalue weighted by atomic mass is 9.74. The Morgan fingerprint density at radius 2 is 1.17 bits per heavy atom. The predicted octanol–water partition coefficient (Wildman–Crippen LogP) is 8.10. The molecule has 0 unspecified atom stereocenters. The van der Waals surface area contributed by atoms with Crippen molar-refractivity contribution in [2.45, 2.75) is 23.0 Å². The third-order valence-electron chi connectivity index (χ3n) is 8.06. The average Bonchev–Trinajstić information content (AvgIpc) is 3.03. The Morgan fingerprint density at radius 3 is 1.71 bits per heavy atom. The van der Waals surface area contributed by atoms with Crippen LogP contribution in [0, 0.1) is 5.82 Å². The van der Waals surface area contributed by atoms with Gasteiger partial charge in [0.1, 0.15) is 5.82 Å². The topological polar surface area (TPSA) is 6.48 Å². The van der Waals surface area contributed by atoms with Crippen LogP contribution in [0.4, 0.5) is 4.39 Å². The summed E-state index contributed by atoms with van der Waals surface area (Å²) in [4.78, 5) is 6.27. The molecular weight excluding hydrogens is 523 g/mol. The summed E-state index contributed by atoms with van der Waals surface area (Å²) >= 11 is 1.75. The zero-order valence-electron chi connectivity index (χ0n) is 23.1. The van der Waals surface area contributed by atoms with Crippen molar-refractivity contribution < 1.29 is 4.39 Å². The van der Waals surface area contributed by atoms with E-state index in [1.807, 2.05) is 6.07 Å². The number of hydrogen-bond donors (Lipinski definition) is 0. The fourth-order valence-electron chi connectivity index (χ4n) is 6.27. The zero-order valence-corrected chi connectivity index (χ0v) is 24.0. The van der Waals surface area contributed by atoms with Gasteiger partial charge in [-0.05, 0) is 40.5 Å². The molecule has 0 bridgehead atoms. The lowest BCUT2D eigenvalue weighted by Gasteiger charge is -2.53. The van der Waals surface area contributed by atoms with E-state index in [9.17, 15) is 4.39 Å². The van der Waals surface area contributed by atoms with Gasteiger partial charge in [0.15, 0.2) is 0 Å². The standard InChI is InChI=1S/C37H35FN2S/c38-34-22-13-23-36(26-34)41-29-35-28-39(27-30-14-5-1-6-15-30)24-25-40(35)37(31-16-7-2-8-17-31,32-18-9-3-10-19-32)33-20-11-4-12-21-33/h1-23,26,35H,24-25,27-29H2/t35-/m0/s1. The molecule has 0 amide bonds. The molecule has 0 spiro atoms. The lowest BCUT2D eigenvalue weighted by molar-refractivity contribution is 0.0262. The molecule has 0 radical (unpaired) electrons. The summed E-state index contributed by atoms with van der Waals surface area (Å²) < 4.78 is 14.1. The third-order valence-corrected chi connectivity index (χ3v) is 9.20. The van der Waals surface area contributed by atoms with Gasteiger partial charge in [0, 0.05) is 42.9 Å². The van der Waals surface area contributed by atoms with Crippen LogP contribution in [0.2, 0.25) is 0 Å². The maximum Gasteiger partial charge on any atom is 0.124 e. The third kappa shape index (κ3) is 6.01. The van der Waals surface area contributed by atoms with Crippen molar-refractivity contribution >= 4 is 11.8 Å². The van der Waals surface area contributed by atoms with Gasteiger partial charge in [-0.25, -0.2) is 4.39 Å². The summed E-state index contributed by atoms with van der Waals surface area (Å²) in [7, 11) is 0. The second-order valence-corrected chi connectivity index (χ2v) is 11.7. The number of rotatable bonds is 9. The molecule has 1 saturated heterocycles. The molecular formula is C37H35FN2S. The van der Waals surface area contributed by atoms with Crippen LogP contribution in [-0.2, 0) is 12.1 Å². The van der Waals surface area contributed by atoms with Crippen LogP contribution < -0.4 is 0 Å². The van der Waals surface area contributed by atoms with E-state index in [2.05, 4.69) is 131 Å². The number of halogens is 1. The first kappa shape index (κ1) is 27.5. The quantitative estimate of drug-likeness (QED) is 0.133. The first-order chi connectivity index (χ1) is 20.2. The smallest absolute Gasteiger partial charge is 0.124 e. The molecule has 0 aliphatic carbocycles. The molecule has 2 nitrogen and oxygen atoms in total. The molecule has 5 aromatic carbocycles. The lowest BCUT2D eigenvalue weighted by Crippen LogP contribution is -2.62. The number of piperazine rings is 1. The predicted molar refractivity (Wildman–Crippen MR) is 169 cm³/mol. The summed E-state index contributed by atoms with van der Waals surface area (Å²) in [6.07, 6.45) is 0. The van der Waals surface area contributed by atoms with Crippen molar-refractivity contribution in [1.82, 2.24) is 9.80 Å². The monoisotopic (exact) mass is 558 g/mol. The van der Waals surface area contributed by atoms with E-state index in [0.717, 1.165) is 36.8 Å². The largest absolute Gasteiger partial charge is 0.296 e. The fraction of sp³-hybridized carbons (Fsp3) is 0.189. The number of thioether (sulfide) groups is 1. The number of benzene rings is 5. The van der Waals surface area contributed by atoms with Crippen LogP contribution in [0.5, 0.6) is 0 Å². The second-order valence-electron chi connectivity index (χ2n) is 10.6. The number of nitrogens with zero attached hydrogens (tertiary/aromatic N) is 2.